The lowest BCUT2D eigenvalue weighted by Gasteiger charge is -1.89. The third-order valence-corrected chi connectivity index (χ3v) is 2.17. The van der Waals surface area contributed by atoms with Crippen LogP contribution < -0.4 is 0 Å². The Hall–Kier alpha value is 0.370. The average Bonchev–Trinajstić information content (AvgIpc) is 2.19. The number of hydrogen-bond acceptors (Lipinski definition) is 2. The van der Waals surface area contributed by atoms with Crippen LogP contribution in [0.5, 0.6) is 0 Å². The molecule has 0 fully saturated rings. The maximum absolute atomic E-state index is 4.12. The van der Waals surface area contributed by atoms with Gasteiger partial charge in [-0.2, -0.15) is 12.6 Å². The lowest BCUT2D eigenvalue weighted by atomic mass is 10.6. The molecule has 1 aliphatic heterocycles. The van der Waals surface area contributed by atoms with Crippen LogP contribution in [0.2, 0.25) is 0 Å². The molecule has 0 aromatic rings. The van der Waals surface area contributed by atoms with Gasteiger partial charge in [0.25, 0.3) is 0 Å². The van der Waals surface area contributed by atoms with Gasteiger partial charge in [0.2, 0.25) is 0 Å². The van der Waals surface area contributed by atoms with Crippen molar-refractivity contribution in [2.24, 2.45) is 0 Å². The predicted octanol–water partition coefficient (Wildman–Crippen LogP) is 0.704. The molecule has 8 heavy (non-hydrogen) atoms. The molecular weight excluding hydrogens is 138 g/mol. The van der Waals surface area contributed by atoms with E-state index in [1.807, 2.05) is 11.8 Å². The van der Waals surface area contributed by atoms with Gasteiger partial charge in [-0.05, 0) is 0 Å². The highest BCUT2D eigenvalue weighted by atomic mass is 32.2. The van der Waals surface area contributed by atoms with Crippen molar-refractivity contribution in [2.75, 3.05) is 24.6 Å². The smallest absolute Gasteiger partial charge is 0.198 e. The second kappa shape index (κ2) is 3.41. The third kappa shape index (κ3) is 1.71. The van der Waals surface area contributed by atoms with E-state index >= 15 is 0 Å². The molecule has 1 nitrogen and oxygen atoms in total. The van der Waals surface area contributed by atoms with Gasteiger partial charge in [-0.15, -0.1) is 0 Å². The molecule has 3 heteroatoms. The molecule has 0 atom stereocenters. The van der Waals surface area contributed by atoms with Crippen LogP contribution in [0.15, 0.2) is 0 Å². The standard InChI is InChI=1S/C5H9NS2/c7-3-1-6-2-4-8-5-6/h5H,1-4H2/p+1. The zero-order valence-electron chi connectivity index (χ0n) is 4.71. The Morgan fingerprint density at radius 2 is 2.62 bits per heavy atom. The summed E-state index contributed by atoms with van der Waals surface area (Å²) in [6, 6.07) is 0. The fourth-order valence-electron chi connectivity index (χ4n) is 0.674. The van der Waals surface area contributed by atoms with Crippen LogP contribution in [0, 0.1) is 0 Å². The Morgan fingerprint density at radius 3 is 3.12 bits per heavy atom. The van der Waals surface area contributed by atoms with Gasteiger partial charge in [0.05, 0.1) is 5.75 Å². The van der Waals surface area contributed by atoms with Gasteiger partial charge in [0.1, 0.15) is 0 Å². The van der Waals surface area contributed by atoms with Crippen LogP contribution in [0.25, 0.3) is 0 Å². The Morgan fingerprint density at radius 1 is 1.75 bits per heavy atom. The number of hydrogen-bond donors (Lipinski definition) is 1. The molecule has 0 saturated heterocycles. The molecule has 0 radical (unpaired) electrons. The first-order valence-electron chi connectivity index (χ1n) is 2.73. The first kappa shape index (κ1) is 6.49. The lowest BCUT2D eigenvalue weighted by Crippen LogP contribution is -2.12. The fraction of sp³-hybridized carbons (Fsp3) is 0.800. The minimum atomic E-state index is 0.969. The Kier molecular flexibility index (Phi) is 2.76. The summed E-state index contributed by atoms with van der Waals surface area (Å²) in [6.07, 6.45) is 0. The van der Waals surface area contributed by atoms with E-state index in [4.69, 9.17) is 0 Å². The topological polar surface area (TPSA) is 3.01 Å². The molecule has 1 rings (SSSR count). The first-order chi connectivity index (χ1) is 3.93. The molecule has 0 bridgehead atoms. The van der Waals surface area contributed by atoms with E-state index in [0.717, 1.165) is 12.3 Å². The number of thioether (sulfide) groups is 1. The van der Waals surface area contributed by atoms with Gasteiger partial charge in [-0.25, -0.2) is 4.58 Å². The summed E-state index contributed by atoms with van der Waals surface area (Å²) in [4.78, 5) is 0. The fourth-order valence-corrected chi connectivity index (χ4v) is 1.80. The van der Waals surface area contributed by atoms with Crippen molar-refractivity contribution in [2.45, 2.75) is 0 Å². The summed E-state index contributed by atoms with van der Waals surface area (Å²) < 4.78 is 2.30. The van der Waals surface area contributed by atoms with Crippen LogP contribution >= 0.6 is 24.4 Å². The number of thiol groups is 1. The lowest BCUT2D eigenvalue weighted by molar-refractivity contribution is -0.508. The van der Waals surface area contributed by atoms with Crippen LogP contribution in [-0.2, 0) is 0 Å². The zero-order valence-corrected chi connectivity index (χ0v) is 6.42. The van der Waals surface area contributed by atoms with Gasteiger partial charge in [-0.3, -0.25) is 0 Å². The molecule has 0 aromatic carbocycles. The van der Waals surface area contributed by atoms with Crippen molar-refractivity contribution >= 4 is 29.9 Å². The second-order valence-corrected chi connectivity index (χ2v) is 3.14. The Labute approximate surface area is 59.6 Å². The normalized spacial score (nSPS) is 18.9. The summed E-state index contributed by atoms with van der Waals surface area (Å²) >= 11 is 6.01. The van der Waals surface area contributed by atoms with E-state index in [1.54, 1.807) is 0 Å². The Balaban J connectivity index is 2.23. The monoisotopic (exact) mass is 148 g/mol. The van der Waals surface area contributed by atoms with Gasteiger partial charge >= 0.3 is 0 Å². The average molecular weight is 148 g/mol. The second-order valence-electron chi connectivity index (χ2n) is 1.74. The van der Waals surface area contributed by atoms with Crippen LogP contribution in [0.4, 0.5) is 0 Å². The molecule has 0 spiro atoms. The predicted molar refractivity (Wildman–Crippen MR) is 42.4 cm³/mol. The van der Waals surface area contributed by atoms with E-state index in [-0.39, 0.29) is 0 Å². The summed E-state index contributed by atoms with van der Waals surface area (Å²) in [5.74, 6) is 2.23. The van der Waals surface area contributed by atoms with Gasteiger partial charge in [0.15, 0.2) is 18.6 Å². The Bertz CT molecular complexity index is 101. The molecule has 0 aliphatic carbocycles. The minimum absolute atomic E-state index is 0.969. The summed E-state index contributed by atoms with van der Waals surface area (Å²) in [5.41, 5.74) is 2.19. The van der Waals surface area contributed by atoms with Crippen LogP contribution in [0.3, 0.4) is 0 Å². The molecule has 1 heterocycles. The quantitative estimate of drug-likeness (QED) is 0.446. The van der Waals surface area contributed by atoms with Gasteiger partial charge in [0, 0.05) is 5.75 Å². The largest absolute Gasteiger partial charge is 0.229 e. The van der Waals surface area contributed by atoms with E-state index in [2.05, 4.69) is 22.8 Å². The number of rotatable bonds is 2. The molecule has 0 N–H and O–H groups in total. The van der Waals surface area contributed by atoms with Crippen LogP contribution in [0.1, 0.15) is 0 Å². The van der Waals surface area contributed by atoms with Crippen molar-refractivity contribution in [1.82, 2.24) is 0 Å². The van der Waals surface area contributed by atoms with Crippen molar-refractivity contribution in [1.29, 1.82) is 0 Å². The molecule has 1 aliphatic rings. The summed E-state index contributed by atoms with van der Waals surface area (Å²) in [7, 11) is 0. The van der Waals surface area contributed by atoms with Crippen molar-refractivity contribution in [3.63, 3.8) is 0 Å². The highest BCUT2D eigenvalue weighted by Gasteiger charge is 2.08. The van der Waals surface area contributed by atoms with Crippen molar-refractivity contribution in [3.05, 3.63) is 0 Å². The summed E-state index contributed by atoms with van der Waals surface area (Å²) in [6.45, 7) is 2.32. The molecular formula is C5H10NS2+. The van der Waals surface area contributed by atoms with Gasteiger partial charge < -0.3 is 0 Å². The number of nitrogens with zero attached hydrogens (tertiary/aromatic N) is 1. The highest BCUT2D eigenvalue weighted by Crippen LogP contribution is 2.01. The third-order valence-electron chi connectivity index (χ3n) is 1.11. The van der Waals surface area contributed by atoms with Crippen molar-refractivity contribution < 1.29 is 4.58 Å². The SMILES string of the molecule is SCC[N+]1=CSCC1. The molecule has 46 valence electrons. The van der Waals surface area contributed by atoms with Crippen molar-refractivity contribution in [3.8, 4) is 0 Å². The van der Waals surface area contributed by atoms with E-state index < -0.39 is 0 Å². The summed E-state index contributed by atoms with van der Waals surface area (Å²) in [5, 5.41) is 0. The van der Waals surface area contributed by atoms with E-state index in [1.165, 1.54) is 12.3 Å². The van der Waals surface area contributed by atoms with Crippen LogP contribution in [-0.4, -0.2) is 34.7 Å². The first-order valence-corrected chi connectivity index (χ1v) is 4.41. The molecule has 0 aromatic heterocycles. The molecule has 0 saturated carbocycles. The van der Waals surface area contributed by atoms with E-state index in [0.29, 0.717) is 0 Å². The van der Waals surface area contributed by atoms with E-state index in [9.17, 15) is 0 Å². The maximum atomic E-state index is 4.12. The molecule has 0 amide bonds. The molecule has 0 unspecified atom stereocenters. The maximum Gasteiger partial charge on any atom is 0.198 e. The highest BCUT2D eigenvalue weighted by molar-refractivity contribution is 8.12. The van der Waals surface area contributed by atoms with Gasteiger partial charge in [-0.1, -0.05) is 11.8 Å². The zero-order chi connectivity index (χ0) is 5.82. The minimum Gasteiger partial charge on any atom is -0.229 e.